The van der Waals surface area contributed by atoms with Crippen LogP contribution < -0.4 is 5.32 Å². The summed E-state index contributed by atoms with van der Waals surface area (Å²) in [6.45, 7) is 4.36. The van der Waals surface area contributed by atoms with E-state index in [1.54, 1.807) is 0 Å². The number of fused-ring (bicyclic) bond motifs is 1. The SMILES string of the molecule is CCC(CC)NC(=O)N1Cc2ccccc2C[C@H]1C(=O)O. The first kappa shape index (κ1) is 15.4. The van der Waals surface area contributed by atoms with Crippen molar-refractivity contribution in [1.29, 1.82) is 0 Å². The van der Waals surface area contributed by atoms with Gasteiger partial charge in [-0.15, -0.1) is 0 Å². The Hall–Kier alpha value is -2.04. The Kier molecular flexibility index (Phi) is 4.83. The third-order valence-corrected chi connectivity index (χ3v) is 4.11. The van der Waals surface area contributed by atoms with Gasteiger partial charge in [-0.25, -0.2) is 9.59 Å². The number of carbonyl (C=O) groups excluding carboxylic acids is 1. The molecule has 0 saturated heterocycles. The lowest BCUT2D eigenvalue weighted by atomic mass is 9.94. The lowest BCUT2D eigenvalue weighted by molar-refractivity contribution is -0.142. The zero-order chi connectivity index (χ0) is 15.4. The Morgan fingerprint density at radius 2 is 1.90 bits per heavy atom. The van der Waals surface area contributed by atoms with Crippen LogP contribution in [0.15, 0.2) is 24.3 Å². The van der Waals surface area contributed by atoms with Gasteiger partial charge in [-0.05, 0) is 24.0 Å². The van der Waals surface area contributed by atoms with E-state index in [-0.39, 0.29) is 12.1 Å². The van der Waals surface area contributed by atoms with Crippen molar-refractivity contribution >= 4 is 12.0 Å². The van der Waals surface area contributed by atoms with Crippen LogP contribution in [0.1, 0.15) is 37.8 Å². The Balaban J connectivity index is 2.20. The van der Waals surface area contributed by atoms with Crippen LogP contribution in [0, 0.1) is 0 Å². The molecule has 0 radical (unpaired) electrons. The van der Waals surface area contributed by atoms with Crippen molar-refractivity contribution in [2.24, 2.45) is 0 Å². The van der Waals surface area contributed by atoms with Crippen LogP contribution in [-0.4, -0.2) is 34.1 Å². The highest BCUT2D eigenvalue weighted by atomic mass is 16.4. The normalized spacial score (nSPS) is 17.5. The molecule has 0 bridgehead atoms. The number of carboxylic acid groups (broad SMARTS) is 1. The second kappa shape index (κ2) is 6.61. The number of benzene rings is 1. The van der Waals surface area contributed by atoms with E-state index in [9.17, 15) is 14.7 Å². The molecule has 1 aromatic rings. The highest BCUT2D eigenvalue weighted by molar-refractivity contribution is 5.83. The van der Waals surface area contributed by atoms with Gasteiger partial charge in [-0.3, -0.25) is 0 Å². The van der Waals surface area contributed by atoms with Crippen molar-refractivity contribution in [3.63, 3.8) is 0 Å². The van der Waals surface area contributed by atoms with E-state index in [0.29, 0.717) is 13.0 Å². The molecule has 0 fully saturated rings. The fourth-order valence-electron chi connectivity index (χ4n) is 2.71. The largest absolute Gasteiger partial charge is 0.480 e. The van der Waals surface area contributed by atoms with E-state index in [4.69, 9.17) is 0 Å². The molecule has 2 amide bonds. The van der Waals surface area contributed by atoms with E-state index < -0.39 is 12.0 Å². The number of hydrogen-bond acceptors (Lipinski definition) is 2. The van der Waals surface area contributed by atoms with Crippen LogP contribution in [0.2, 0.25) is 0 Å². The molecule has 0 aliphatic carbocycles. The predicted molar refractivity (Wildman–Crippen MR) is 80.0 cm³/mol. The molecule has 114 valence electrons. The zero-order valence-electron chi connectivity index (χ0n) is 12.5. The fourth-order valence-corrected chi connectivity index (χ4v) is 2.71. The average molecular weight is 290 g/mol. The highest BCUT2D eigenvalue weighted by Crippen LogP contribution is 2.23. The minimum Gasteiger partial charge on any atom is -0.480 e. The van der Waals surface area contributed by atoms with Crippen molar-refractivity contribution in [2.45, 2.75) is 51.7 Å². The molecule has 0 unspecified atom stereocenters. The predicted octanol–water partition coefficient (Wildman–Crippen LogP) is 2.40. The van der Waals surface area contributed by atoms with Crippen LogP contribution in [0.5, 0.6) is 0 Å². The maximum atomic E-state index is 12.4. The first-order valence-corrected chi connectivity index (χ1v) is 7.43. The molecule has 1 heterocycles. The Morgan fingerprint density at radius 1 is 1.29 bits per heavy atom. The molecule has 2 N–H and O–H groups in total. The third-order valence-electron chi connectivity index (χ3n) is 4.11. The lowest BCUT2D eigenvalue weighted by Crippen LogP contribution is -2.54. The maximum absolute atomic E-state index is 12.4. The summed E-state index contributed by atoms with van der Waals surface area (Å²) in [5.74, 6) is -0.954. The summed E-state index contributed by atoms with van der Waals surface area (Å²) >= 11 is 0. The quantitative estimate of drug-likeness (QED) is 0.894. The van der Waals surface area contributed by atoms with Crippen molar-refractivity contribution in [3.05, 3.63) is 35.4 Å². The third kappa shape index (κ3) is 3.35. The first-order valence-electron chi connectivity index (χ1n) is 7.43. The number of carbonyl (C=O) groups is 2. The topological polar surface area (TPSA) is 69.6 Å². The van der Waals surface area contributed by atoms with Gasteiger partial charge in [0.2, 0.25) is 0 Å². The summed E-state index contributed by atoms with van der Waals surface area (Å²) in [6, 6.07) is 6.70. The maximum Gasteiger partial charge on any atom is 0.326 e. The summed E-state index contributed by atoms with van der Waals surface area (Å²) in [5.41, 5.74) is 2.03. The minimum absolute atomic E-state index is 0.0871. The molecule has 0 saturated carbocycles. The number of rotatable bonds is 4. The number of amides is 2. The van der Waals surface area contributed by atoms with Crippen LogP contribution in [0.4, 0.5) is 4.79 Å². The molecule has 1 aliphatic heterocycles. The molecular weight excluding hydrogens is 268 g/mol. The molecule has 1 atom stereocenters. The number of aliphatic carboxylic acids is 1. The molecule has 21 heavy (non-hydrogen) atoms. The zero-order valence-corrected chi connectivity index (χ0v) is 12.5. The second-order valence-electron chi connectivity index (χ2n) is 5.42. The van der Waals surface area contributed by atoms with Gasteiger partial charge in [0, 0.05) is 19.0 Å². The first-order chi connectivity index (χ1) is 10.1. The molecule has 0 spiro atoms. The second-order valence-corrected chi connectivity index (χ2v) is 5.42. The molecule has 5 heteroatoms. The van der Waals surface area contributed by atoms with E-state index in [1.807, 2.05) is 38.1 Å². The van der Waals surface area contributed by atoms with Crippen molar-refractivity contribution < 1.29 is 14.7 Å². The van der Waals surface area contributed by atoms with Gasteiger partial charge in [-0.2, -0.15) is 0 Å². The van der Waals surface area contributed by atoms with Crippen molar-refractivity contribution in [1.82, 2.24) is 10.2 Å². The standard InChI is InChI=1S/C16H22N2O3/c1-3-13(4-2)17-16(21)18-10-12-8-6-5-7-11(12)9-14(18)15(19)20/h5-8,13-14H,3-4,9-10H2,1-2H3,(H,17,21)(H,19,20)/t14-/m0/s1. The van der Waals surface area contributed by atoms with Gasteiger partial charge in [0.15, 0.2) is 0 Å². The van der Waals surface area contributed by atoms with Gasteiger partial charge in [-0.1, -0.05) is 38.1 Å². The van der Waals surface area contributed by atoms with Crippen LogP contribution in [0.3, 0.4) is 0 Å². The van der Waals surface area contributed by atoms with Crippen molar-refractivity contribution in [3.8, 4) is 0 Å². The number of nitrogens with one attached hydrogen (secondary N) is 1. The highest BCUT2D eigenvalue weighted by Gasteiger charge is 2.34. The van der Waals surface area contributed by atoms with Gasteiger partial charge in [0.25, 0.3) is 0 Å². The van der Waals surface area contributed by atoms with Gasteiger partial charge in [0.05, 0.1) is 0 Å². The van der Waals surface area contributed by atoms with E-state index in [1.165, 1.54) is 4.90 Å². The van der Waals surface area contributed by atoms with Crippen LogP contribution >= 0.6 is 0 Å². The van der Waals surface area contributed by atoms with Gasteiger partial charge < -0.3 is 15.3 Å². The van der Waals surface area contributed by atoms with Crippen LogP contribution in [0.25, 0.3) is 0 Å². The Bertz CT molecular complexity index is 526. The average Bonchev–Trinajstić information content (AvgIpc) is 2.50. The summed E-state index contributed by atoms with van der Waals surface area (Å²) < 4.78 is 0. The monoisotopic (exact) mass is 290 g/mol. The molecule has 1 aromatic carbocycles. The lowest BCUT2D eigenvalue weighted by Gasteiger charge is -2.35. The Morgan fingerprint density at radius 3 is 2.48 bits per heavy atom. The summed E-state index contributed by atoms with van der Waals surface area (Å²) in [4.78, 5) is 25.3. The molecule has 2 rings (SSSR count). The number of hydrogen-bond donors (Lipinski definition) is 2. The number of carboxylic acids is 1. The molecule has 1 aliphatic rings. The van der Waals surface area contributed by atoms with Crippen LogP contribution in [-0.2, 0) is 17.8 Å². The molecule has 5 nitrogen and oxygen atoms in total. The minimum atomic E-state index is -0.954. The van der Waals surface area contributed by atoms with Gasteiger partial charge in [0.1, 0.15) is 6.04 Å². The van der Waals surface area contributed by atoms with Gasteiger partial charge >= 0.3 is 12.0 Å². The number of nitrogens with zero attached hydrogens (tertiary/aromatic N) is 1. The summed E-state index contributed by atoms with van der Waals surface area (Å²) in [7, 11) is 0. The summed E-state index contributed by atoms with van der Waals surface area (Å²) in [5, 5.41) is 12.3. The molecular formula is C16H22N2O3. The van der Waals surface area contributed by atoms with E-state index in [2.05, 4.69) is 5.32 Å². The Labute approximate surface area is 125 Å². The summed E-state index contributed by atoms with van der Waals surface area (Å²) in [6.07, 6.45) is 2.04. The molecule has 0 aromatic heterocycles. The van der Waals surface area contributed by atoms with Crippen molar-refractivity contribution in [2.75, 3.05) is 0 Å². The smallest absolute Gasteiger partial charge is 0.326 e. The van der Waals surface area contributed by atoms with E-state index >= 15 is 0 Å². The fraction of sp³-hybridized carbons (Fsp3) is 0.500. The number of urea groups is 1. The van der Waals surface area contributed by atoms with E-state index in [0.717, 1.165) is 24.0 Å².